The molecule has 0 aliphatic heterocycles. The van der Waals surface area contributed by atoms with Gasteiger partial charge >= 0.3 is 5.97 Å². The van der Waals surface area contributed by atoms with Gasteiger partial charge in [0, 0.05) is 13.7 Å². The molecule has 0 radical (unpaired) electrons. The lowest BCUT2D eigenvalue weighted by Crippen LogP contribution is -2.19. The van der Waals surface area contributed by atoms with Gasteiger partial charge in [-0.2, -0.15) is 4.99 Å². The van der Waals surface area contributed by atoms with Gasteiger partial charge < -0.3 is 14.0 Å². The van der Waals surface area contributed by atoms with Gasteiger partial charge in [-0.1, -0.05) is 11.3 Å². The summed E-state index contributed by atoms with van der Waals surface area (Å²) < 4.78 is 12.7. The Kier molecular flexibility index (Phi) is 5.83. The van der Waals surface area contributed by atoms with Crippen molar-refractivity contribution in [3.8, 4) is 0 Å². The van der Waals surface area contributed by atoms with Crippen LogP contribution >= 0.6 is 22.7 Å². The molecule has 0 spiro atoms. The molecule has 0 fully saturated rings. The number of carbonyl (C=O) groups excluding carboxylic acids is 2. The number of hydrogen-bond donors (Lipinski definition) is 0. The van der Waals surface area contributed by atoms with Gasteiger partial charge in [0.05, 0.1) is 40.2 Å². The van der Waals surface area contributed by atoms with Gasteiger partial charge in [-0.05, 0) is 32.0 Å². The van der Waals surface area contributed by atoms with E-state index >= 15 is 0 Å². The largest absolute Gasteiger partial charge is 0.465 e. The van der Waals surface area contributed by atoms with Gasteiger partial charge in [0.25, 0.3) is 5.91 Å². The maximum absolute atomic E-state index is 12.7. The third-order valence-electron chi connectivity index (χ3n) is 3.92. The van der Waals surface area contributed by atoms with Crippen molar-refractivity contribution in [2.24, 2.45) is 4.99 Å². The Morgan fingerprint density at radius 3 is 2.63 bits per heavy atom. The Morgan fingerprint density at radius 2 is 2.00 bits per heavy atom. The predicted molar refractivity (Wildman–Crippen MR) is 105 cm³/mol. The lowest BCUT2D eigenvalue weighted by Gasteiger charge is -2.05. The number of ether oxygens (including phenoxy) is 2. The molecule has 0 atom stereocenters. The lowest BCUT2D eigenvalue weighted by atomic mass is 10.2. The van der Waals surface area contributed by atoms with Crippen LogP contribution < -0.4 is 4.80 Å². The van der Waals surface area contributed by atoms with E-state index in [1.807, 2.05) is 17.6 Å². The number of carbonyl (C=O) groups is 2. The number of rotatable bonds is 5. The molecule has 142 valence electrons. The summed E-state index contributed by atoms with van der Waals surface area (Å²) in [7, 11) is 2.97. The second-order valence-corrected chi connectivity index (χ2v) is 7.98. The molecular weight excluding hydrogens is 386 g/mol. The minimum absolute atomic E-state index is 0.316. The topological polar surface area (TPSA) is 82.8 Å². The summed E-state index contributed by atoms with van der Waals surface area (Å²) in [4.78, 5) is 34.2. The van der Waals surface area contributed by atoms with E-state index in [0.29, 0.717) is 34.1 Å². The number of hydrogen-bond acceptors (Lipinski definition) is 7. The van der Waals surface area contributed by atoms with Crippen molar-refractivity contribution < 1.29 is 19.1 Å². The molecule has 9 heteroatoms. The molecule has 0 bridgehead atoms. The first kappa shape index (κ1) is 19.4. The Morgan fingerprint density at radius 1 is 1.22 bits per heavy atom. The first-order chi connectivity index (χ1) is 12.9. The van der Waals surface area contributed by atoms with Crippen molar-refractivity contribution in [3.63, 3.8) is 0 Å². The number of esters is 1. The Balaban J connectivity index is 2.13. The van der Waals surface area contributed by atoms with Crippen molar-refractivity contribution in [2.45, 2.75) is 20.4 Å². The maximum Gasteiger partial charge on any atom is 0.337 e. The number of benzene rings is 1. The highest BCUT2D eigenvalue weighted by Crippen LogP contribution is 2.21. The van der Waals surface area contributed by atoms with E-state index in [-0.39, 0.29) is 5.91 Å². The van der Waals surface area contributed by atoms with Crippen LogP contribution in [0.1, 0.15) is 30.7 Å². The van der Waals surface area contributed by atoms with E-state index in [4.69, 9.17) is 9.47 Å². The van der Waals surface area contributed by atoms with Gasteiger partial charge in [0.15, 0.2) is 4.80 Å². The summed E-state index contributed by atoms with van der Waals surface area (Å²) in [6.07, 6.45) is 0. The van der Waals surface area contributed by atoms with Crippen molar-refractivity contribution in [1.29, 1.82) is 0 Å². The number of methoxy groups -OCH3 is 2. The average molecular weight is 406 g/mol. The maximum atomic E-state index is 12.7. The highest BCUT2D eigenvalue weighted by molar-refractivity contribution is 7.16. The molecule has 3 aromatic rings. The highest BCUT2D eigenvalue weighted by atomic mass is 32.1. The fraction of sp³-hybridized carbons (Fsp3) is 0.333. The summed E-state index contributed by atoms with van der Waals surface area (Å²) in [6, 6.07) is 5.28. The van der Waals surface area contributed by atoms with E-state index in [1.54, 1.807) is 26.2 Å². The van der Waals surface area contributed by atoms with Crippen LogP contribution in [0.25, 0.3) is 10.2 Å². The van der Waals surface area contributed by atoms with Crippen LogP contribution in [0.15, 0.2) is 23.2 Å². The monoisotopic (exact) mass is 405 g/mol. The molecule has 3 rings (SSSR count). The fourth-order valence-corrected chi connectivity index (χ4v) is 4.57. The Hall–Kier alpha value is -2.36. The third kappa shape index (κ3) is 4.00. The second kappa shape index (κ2) is 8.12. The van der Waals surface area contributed by atoms with Crippen LogP contribution in [0.2, 0.25) is 0 Å². The summed E-state index contributed by atoms with van der Waals surface area (Å²) in [6.45, 7) is 4.69. The van der Waals surface area contributed by atoms with Crippen molar-refractivity contribution in [1.82, 2.24) is 9.55 Å². The quantitative estimate of drug-likeness (QED) is 0.610. The molecular formula is C18H19N3O4S2. The van der Waals surface area contributed by atoms with Crippen molar-refractivity contribution in [3.05, 3.63) is 44.1 Å². The van der Waals surface area contributed by atoms with Gasteiger partial charge in [-0.25, -0.2) is 9.78 Å². The molecule has 27 heavy (non-hydrogen) atoms. The minimum atomic E-state index is -0.404. The molecule has 2 heterocycles. The molecule has 1 aromatic carbocycles. The first-order valence-electron chi connectivity index (χ1n) is 8.18. The van der Waals surface area contributed by atoms with Gasteiger partial charge in [0.1, 0.15) is 4.88 Å². The Labute approximate surface area is 163 Å². The van der Waals surface area contributed by atoms with E-state index < -0.39 is 5.97 Å². The number of aromatic nitrogens is 2. The summed E-state index contributed by atoms with van der Waals surface area (Å²) in [5.74, 6) is -0.719. The molecule has 7 nitrogen and oxygen atoms in total. The molecule has 0 unspecified atom stereocenters. The zero-order valence-electron chi connectivity index (χ0n) is 15.4. The summed E-state index contributed by atoms with van der Waals surface area (Å²) in [5.41, 5.74) is 2.02. The zero-order valence-corrected chi connectivity index (χ0v) is 17.1. The molecule has 0 saturated carbocycles. The molecule has 1 amide bonds. The first-order valence-corrected chi connectivity index (χ1v) is 9.81. The minimum Gasteiger partial charge on any atom is -0.465 e. The van der Waals surface area contributed by atoms with E-state index in [0.717, 1.165) is 15.2 Å². The number of fused-ring (bicyclic) bond motifs is 1. The van der Waals surface area contributed by atoms with Gasteiger partial charge in [-0.3, -0.25) is 4.79 Å². The Bertz CT molecular complexity index is 1080. The predicted octanol–water partition coefficient (Wildman–Crippen LogP) is 2.95. The standard InChI is InChI=1S/C18H19N3O4S2/c1-10-15(26-11(2)19-10)16(22)20-18-21(7-8-24-3)13-6-5-12(17(23)25-4)9-14(13)27-18/h5-6,9H,7-8H2,1-4H3. The van der Waals surface area contributed by atoms with Crippen LogP contribution in [0.4, 0.5) is 0 Å². The van der Waals surface area contributed by atoms with Gasteiger partial charge in [-0.15, -0.1) is 11.3 Å². The van der Waals surface area contributed by atoms with Crippen LogP contribution in [0.3, 0.4) is 0 Å². The zero-order chi connectivity index (χ0) is 19.6. The lowest BCUT2D eigenvalue weighted by molar-refractivity contribution is 0.0600. The average Bonchev–Trinajstić information content (AvgIpc) is 3.17. The highest BCUT2D eigenvalue weighted by Gasteiger charge is 2.15. The van der Waals surface area contributed by atoms with E-state index in [2.05, 4.69) is 9.98 Å². The molecule has 0 saturated heterocycles. The van der Waals surface area contributed by atoms with Crippen LogP contribution in [-0.2, 0) is 16.0 Å². The summed E-state index contributed by atoms with van der Waals surface area (Å²) >= 11 is 2.69. The molecule has 2 aromatic heterocycles. The number of nitrogens with zero attached hydrogens (tertiary/aromatic N) is 3. The number of amides is 1. The number of aryl methyl sites for hydroxylation is 2. The third-order valence-corrected chi connectivity index (χ3v) is 6.02. The smallest absolute Gasteiger partial charge is 0.337 e. The van der Waals surface area contributed by atoms with Gasteiger partial charge in [0.2, 0.25) is 0 Å². The van der Waals surface area contributed by atoms with E-state index in [1.165, 1.54) is 29.8 Å². The molecule has 0 aliphatic rings. The van der Waals surface area contributed by atoms with Crippen LogP contribution in [0.5, 0.6) is 0 Å². The normalized spacial score (nSPS) is 11.9. The SMILES string of the molecule is COCCn1c(=NC(=O)c2sc(C)nc2C)sc2cc(C(=O)OC)ccc21. The second-order valence-electron chi connectivity index (χ2n) is 5.77. The summed E-state index contributed by atoms with van der Waals surface area (Å²) in [5, 5.41) is 0.831. The number of thiazole rings is 2. The van der Waals surface area contributed by atoms with Crippen molar-refractivity contribution in [2.75, 3.05) is 20.8 Å². The molecule has 0 aliphatic carbocycles. The van der Waals surface area contributed by atoms with Crippen LogP contribution in [0, 0.1) is 13.8 Å². The van der Waals surface area contributed by atoms with Crippen LogP contribution in [-0.4, -0.2) is 42.3 Å². The van der Waals surface area contributed by atoms with Crippen molar-refractivity contribution >= 4 is 44.8 Å². The van der Waals surface area contributed by atoms with E-state index in [9.17, 15) is 9.59 Å². The fourth-order valence-electron chi connectivity index (χ4n) is 2.67. The molecule has 0 N–H and O–H groups in total.